The summed E-state index contributed by atoms with van der Waals surface area (Å²) in [5.74, 6) is -0.215. The Morgan fingerprint density at radius 1 is 1.52 bits per heavy atom. The van der Waals surface area contributed by atoms with Crippen LogP contribution in [0.5, 0.6) is 0 Å². The molecule has 0 saturated carbocycles. The number of likely N-dealkylation sites (tertiary alicyclic amines) is 1. The lowest BCUT2D eigenvalue weighted by Crippen LogP contribution is -2.29. The van der Waals surface area contributed by atoms with Gasteiger partial charge in [0.15, 0.2) is 0 Å². The van der Waals surface area contributed by atoms with Gasteiger partial charge in [0.25, 0.3) is 0 Å². The molecule has 0 aromatic heterocycles. The molecule has 1 heterocycles. The topological polar surface area (TPSA) is 75.4 Å². The van der Waals surface area contributed by atoms with E-state index in [0.717, 1.165) is 13.0 Å². The summed E-state index contributed by atoms with van der Waals surface area (Å²) in [6, 6.07) is 4.04. The normalized spacial score (nSPS) is 18.1. The van der Waals surface area contributed by atoms with Crippen LogP contribution in [-0.4, -0.2) is 29.8 Å². The number of halogens is 1. The summed E-state index contributed by atoms with van der Waals surface area (Å²) in [7, 11) is 0. The molecule has 3 N–H and O–H groups in total. The van der Waals surface area contributed by atoms with Crippen LogP contribution in [0.1, 0.15) is 26.2 Å². The van der Waals surface area contributed by atoms with Crippen LogP contribution in [0.2, 0.25) is 0 Å². The molecule has 0 bridgehead atoms. The van der Waals surface area contributed by atoms with E-state index in [4.69, 9.17) is 5.73 Å². The summed E-state index contributed by atoms with van der Waals surface area (Å²) in [6.45, 7) is 3.21. The van der Waals surface area contributed by atoms with Gasteiger partial charge >= 0.3 is 0 Å². The summed E-state index contributed by atoms with van der Waals surface area (Å²) in [5.41, 5.74) is 5.89. The molecule has 114 valence electrons. The second-order valence-corrected chi connectivity index (χ2v) is 5.35. The van der Waals surface area contributed by atoms with Gasteiger partial charge < -0.3 is 16.0 Å². The lowest BCUT2D eigenvalue weighted by molar-refractivity contribution is -0.128. The SMILES string of the molecule is CCC1CC(=O)N(CCC(=O)Nc2ccc(F)c(N)c2)C1. The van der Waals surface area contributed by atoms with Gasteiger partial charge in [-0.2, -0.15) is 0 Å². The fourth-order valence-electron chi connectivity index (χ4n) is 2.43. The molecule has 21 heavy (non-hydrogen) atoms. The van der Waals surface area contributed by atoms with Crippen LogP contribution in [0.25, 0.3) is 0 Å². The number of benzene rings is 1. The minimum Gasteiger partial charge on any atom is -0.396 e. The molecule has 1 unspecified atom stereocenters. The molecule has 1 fully saturated rings. The molecule has 0 aliphatic carbocycles. The number of nitrogens with one attached hydrogen (secondary N) is 1. The van der Waals surface area contributed by atoms with E-state index in [1.165, 1.54) is 18.2 Å². The number of rotatable bonds is 5. The number of nitrogen functional groups attached to an aromatic ring is 1. The summed E-state index contributed by atoms with van der Waals surface area (Å²) in [4.78, 5) is 25.3. The molecule has 1 aromatic rings. The molecule has 1 aliphatic heterocycles. The maximum Gasteiger partial charge on any atom is 0.226 e. The number of carbonyl (C=O) groups is 2. The highest BCUT2D eigenvalue weighted by Gasteiger charge is 2.28. The number of nitrogens with zero attached hydrogens (tertiary/aromatic N) is 1. The van der Waals surface area contributed by atoms with Gasteiger partial charge in [-0.25, -0.2) is 4.39 Å². The Bertz CT molecular complexity index is 548. The molecule has 1 aliphatic rings. The van der Waals surface area contributed by atoms with Gasteiger partial charge in [0.05, 0.1) is 5.69 Å². The standard InChI is InChI=1S/C15H20FN3O2/c1-2-10-7-15(21)19(9-10)6-5-14(20)18-11-3-4-12(16)13(17)8-11/h3-4,8,10H,2,5-7,9,17H2,1H3,(H,18,20). The van der Waals surface area contributed by atoms with Crippen LogP contribution in [0.3, 0.4) is 0 Å². The van der Waals surface area contributed by atoms with Crippen molar-refractivity contribution in [2.75, 3.05) is 24.1 Å². The smallest absolute Gasteiger partial charge is 0.226 e. The number of nitrogens with two attached hydrogens (primary N) is 1. The molecular weight excluding hydrogens is 273 g/mol. The van der Waals surface area contributed by atoms with E-state index in [9.17, 15) is 14.0 Å². The first-order valence-electron chi connectivity index (χ1n) is 7.12. The number of anilines is 2. The van der Waals surface area contributed by atoms with Crippen molar-refractivity contribution in [3.8, 4) is 0 Å². The molecule has 1 aromatic carbocycles. The first-order chi connectivity index (χ1) is 9.99. The third-order valence-electron chi connectivity index (χ3n) is 3.76. The fourth-order valence-corrected chi connectivity index (χ4v) is 2.43. The van der Waals surface area contributed by atoms with Crippen LogP contribution in [0, 0.1) is 11.7 Å². The van der Waals surface area contributed by atoms with E-state index < -0.39 is 5.82 Å². The molecule has 5 nitrogen and oxygen atoms in total. The Morgan fingerprint density at radius 2 is 2.29 bits per heavy atom. The molecule has 0 radical (unpaired) electrons. The van der Waals surface area contributed by atoms with Crippen molar-refractivity contribution in [2.45, 2.75) is 26.2 Å². The second kappa shape index (κ2) is 6.56. The molecule has 2 amide bonds. The van der Waals surface area contributed by atoms with Crippen molar-refractivity contribution < 1.29 is 14.0 Å². The zero-order valence-corrected chi connectivity index (χ0v) is 12.1. The Morgan fingerprint density at radius 3 is 2.90 bits per heavy atom. The van der Waals surface area contributed by atoms with E-state index >= 15 is 0 Å². The van der Waals surface area contributed by atoms with Crippen molar-refractivity contribution in [1.29, 1.82) is 0 Å². The Labute approximate surface area is 123 Å². The van der Waals surface area contributed by atoms with Gasteiger partial charge in [-0.3, -0.25) is 9.59 Å². The summed E-state index contributed by atoms with van der Waals surface area (Å²) in [6.07, 6.45) is 1.77. The molecular formula is C15H20FN3O2. The molecule has 1 atom stereocenters. The Hall–Kier alpha value is -2.11. The summed E-state index contributed by atoms with van der Waals surface area (Å²) < 4.78 is 13.0. The average molecular weight is 293 g/mol. The van der Waals surface area contributed by atoms with E-state index in [-0.39, 0.29) is 23.9 Å². The average Bonchev–Trinajstić information content (AvgIpc) is 2.81. The van der Waals surface area contributed by atoms with Gasteiger partial charge in [0, 0.05) is 31.6 Å². The van der Waals surface area contributed by atoms with Gasteiger partial charge in [0.1, 0.15) is 5.82 Å². The fraction of sp³-hybridized carbons (Fsp3) is 0.467. The zero-order valence-electron chi connectivity index (χ0n) is 12.1. The second-order valence-electron chi connectivity index (χ2n) is 5.35. The van der Waals surface area contributed by atoms with E-state index in [1.807, 2.05) is 0 Å². The third kappa shape index (κ3) is 3.93. The number of carbonyl (C=O) groups excluding carboxylic acids is 2. The van der Waals surface area contributed by atoms with Gasteiger partial charge in [-0.15, -0.1) is 0 Å². The van der Waals surface area contributed by atoms with E-state index in [1.54, 1.807) is 4.90 Å². The van der Waals surface area contributed by atoms with Crippen LogP contribution in [0.4, 0.5) is 15.8 Å². The number of amides is 2. The summed E-state index contributed by atoms with van der Waals surface area (Å²) >= 11 is 0. The zero-order chi connectivity index (χ0) is 15.4. The van der Waals surface area contributed by atoms with Gasteiger partial charge in [-0.1, -0.05) is 13.3 Å². The Balaban J connectivity index is 1.82. The van der Waals surface area contributed by atoms with Crippen molar-refractivity contribution >= 4 is 23.2 Å². The van der Waals surface area contributed by atoms with E-state index in [0.29, 0.717) is 24.6 Å². The van der Waals surface area contributed by atoms with E-state index in [2.05, 4.69) is 12.2 Å². The highest BCUT2D eigenvalue weighted by Crippen LogP contribution is 2.21. The van der Waals surface area contributed by atoms with Crippen LogP contribution in [0.15, 0.2) is 18.2 Å². The van der Waals surface area contributed by atoms with Crippen molar-refractivity contribution in [3.63, 3.8) is 0 Å². The minimum absolute atomic E-state index is 0.00620. The van der Waals surface area contributed by atoms with Crippen molar-refractivity contribution in [2.24, 2.45) is 5.92 Å². The van der Waals surface area contributed by atoms with Crippen molar-refractivity contribution in [1.82, 2.24) is 4.90 Å². The highest BCUT2D eigenvalue weighted by atomic mass is 19.1. The number of hydrogen-bond acceptors (Lipinski definition) is 3. The first kappa shape index (κ1) is 15.3. The van der Waals surface area contributed by atoms with Crippen molar-refractivity contribution in [3.05, 3.63) is 24.0 Å². The maximum absolute atomic E-state index is 13.0. The molecule has 1 saturated heterocycles. The predicted octanol–water partition coefficient (Wildman–Crippen LogP) is 1.99. The first-order valence-corrected chi connectivity index (χ1v) is 7.12. The Kier molecular flexibility index (Phi) is 4.77. The quantitative estimate of drug-likeness (QED) is 0.815. The molecule has 6 heteroatoms. The maximum atomic E-state index is 13.0. The van der Waals surface area contributed by atoms with Gasteiger partial charge in [-0.05, 0) is 24.1 Å². The largest absolute Gasteiger partial charge is 0.396 e. The molecule has 2 rings (SSSR count). The lowest BCUT2D eigenvalue weighted by Gasteiger charge is -2.16. The minimum atomic E-state index is -0.513. The van der Waals surface area contributed by atoms with Gasteiger partial charge in [0.2, 0.25) is 11.8 Å². The van der Waals surface area contributed by atoms with Crippen LogP contribution < -0.4 is 11.1 Å². The van der Waals surface area contributed by atoms with Crippen LogP contribution in [-0.2, 0) is 9.59 Å². The highest BCUT2D eigenvalue weighted by molar-refractivity contribution is 5.91. The van der Waals surface area contributed by atoms with Crippen LogP contribution >= 0.6 is 0 Å². The molecule has 0 spiro atoms. The summed E-state index contributed by atoms with van der Waals surface area (Å²) in [5, 5.41) is 2.65. The predicted molar refractivity (Wildman–Crippen MR) is 79.0 cm³/mol. The number of hydrogen-bond donors (Lipinski definition) is 2. The monoisotopic (exact) mass is 293 g/mol. The lowest BCUT2D eigenvalue weighted by atomic mass is 10.1. The third-order valence-corrected chi connectivity index (χ3v) is 3.76.